The molecule has 0 fully saturated rings. The average Bonchev–Trinajstić information content (AvgIpc) is 2.60. The lowest BCUT2D eigenvalue weighted by atomic mass is 10.2. The summed E-state index contributed by atoms with van der Waals surface area (Å²) in [6.07, 6.45) is 0. The zero-order chi connectivity index (χ0) is 10.4. The topological polar surface area (TPSA) is 39.9 Å². The van der Waals surface area contributed by atoms with Crippen LogP contribution in [0.1, 0.15) is 11.6 Å². The van der Waals surface area contributed by atoms with Crippen molar-refractivity contribution < 1.29 is 4.74 Å². The molecule has 0 N–H and O–H groups in total. The molecule has 1 aromatic heterocycles. The zero-order valence-electron chi connectivity index (χ0n) is 8.07. The highest BCUT2D eigenvalue weighted by atomic mass is 79.9. The van der Waals surface area contributed by atoms with E-state index < -0.39 is 0 Å². The Hall–Kier alpha value is -1.36. The van der Waals surface area contributed by atoms with E-state index in [0.717, 1.165) is 27.6 Å². The highest BCUT2D eigenvalue weighted by Gasteiger charge is 2.20. The molecule has 4 nitrogen and oxygen atoms in total. The van der Waals surface area contributed by atoms with Gasteiger partial charge in [-0.05, 0) is 25.1 Å². The van der Waals surface area contributed by atoms with Crippen molar-refractivity contribution in [3.05, 3.63) is 34.3 Å². The molecule has 0 amide bonds. The van der Waals surface area contributed by atoms with Gasteiger partial charge in [0.1, 0.15) is 18.2 Å². The van der Waals surface area contributed by atoms with Gasteiger partial charge in [-0.1, -0.05) is 15.9 Å². The first-order chi connectivity index (χ1) is 7.25. The number of nitrogens with zero attached hydrogens (tertiary/aromatic N) is 3. The van der Waals surface area contributed by atoms with E-state index in [1.54, 1.807) is 0 Å². The number of benzene rings is 1. The van der Waals surface area contributed by atoms with Crippen molar-refractivity contribution in [3.8, 4) is 11.4 Å². The van der Waals surface area contributed by atoms with Crippen LogP contribution in [0.15, 0.2) is 22.7 Å². The van der Waals surface area contributed by atoms with Crippen LogP contribution < -0.4 is 4.74 Å². The molecule has 76 valence electrons. The third-order valence-corrected chi connectivity index (χ3v) is 2.90. The molecule has 0 saturated carbocycles. The molecule has 2 heterocycles. The molecule has 0 unspecified atom stereocenters. The summed E-state index contributed by atoms with van der Waals surface area (Å²) in [4.78, 5) is 0. The van der Waals surface area contributed by atoms with Gasteiger partial charge in [-0.3, -0.25) is 4.57 Å². The van der Waals surface area contributed by atoms with E-state index in [-0.39, 0.29) is 0 Å². The minimum atomic E-state index is 0.476. The average molecular weight is 266 g/mol. The largest absolute Gasteiger partial charge is 0.483 e. The number of ether oxygens (including phenoxy) is 1. The van der Waals surface area contributed by atoms with E-state index in [1.807, 2.05) is 29.7 Å². The summed E-state index contributed by atoms with van der Waals surface area (Å²) in [5.74, 6) is 2.60. The van der Waals surface area contributed by atoms with Crippen LogP contribution in [0.2, 0.25) is 0 Å². The van der Waals surface area contributed by atoms with Crippen molar-refractivity contribution in [2.45, 2.75) is 13.5 Å². The molecule has 0 atom stereocenters. The Morgan fingerprint density at radius 1 is 1.40 bits per heavy atom. The van der Waals surface area contributed by atoms with Crippen molar-refractivity contribution in [3.63, 3.8) is 0 Å². The van der Waals surface area contributed by atoms with Gasteiger partial charge in [-0.2, -0.15) is 0 Å². The molecular formula is C10H8BrN3O. The highest BCUT2D eigenvalue weighted by molar-refractivity contribution is 9.10. The molecule has 1 aliphatic heterocycles. The fourth-order valence-corrected chi connectivity index (χ4v) is 2.08. The first-order valence-corrected chi connectivity index (χ1v) is 5.38. The number of halogens is 1. The third-order valence-electron chi connectivity index (χ3n) is 2.41. The summed E-state index contributed by atoms with van der Waals surface area (Å²) in [6, 6.07) is 5.94. The zero-order valence-corrected chi connectivity index (χ0v) is 9.65. The van der Waals surface area contributed by atoms with Crippen molar-refractivity contribution in [1.82, 2.24) is 14.8 Å². The number of fused-ring (bicyclic) bond motifs is 3. The molecule has 0 spiro atoms. The van der Waals surface area contributed by atoms with Crippen LogP contribution in [0, 0.1) is 6.92 Å². The number of rotatable bonds is 0. The van der Waals surface area contributed by atoms with Gasteiger partial charge in [0.2, 0.25) is 0 Å². The summed E-state index contributed by atoms with van der Waals surface area (Å²) >= 11 is 3.42. The second-order valence-corrected chi connectivity index (χ2v) is 4.32. The maximum absolute atomic E-state index is 5.59. The SMILES string of the molecule is Cc1nnc2n1-c1ccc(Br)cc1OC2. The van der Waals surface area contributed by atoms with E-state index in [1.165, 1.54) is 0 Å². The summed E-state index contributed by atoms with van der Waals surface area (Å²) in [5.41, 5.74) is 1.00. The van der Waals surface area contributed by atoms with Crippen LogP contribution in [-0.4, -0.2) is 14.8 Å². The number of hydrogen-bond donors (Lipinski definition) is 0. The molecule has 2 aromatic rings. The Labute approximate surface area is 95.0 Å². The Kier molecular flexibility index (Phi) is 1.82. The monoisotopic (exact) mass is 265 g/mol. The second-order valence-electron chi connectivity index (χ2n) is 3.40. The van der Waals surface area contributed by atoms with Crippen LogP contribution in [0.3, 0.4) is 0 Å². The first kappa shape index (κ1) is 8.91. The summed E-state index contributed by atoms with van der Waals surface area (Å²) in [5, 5.41) is 8.09. The minimum Gasteiger partial charge on any atom is -0.483 e. The number of hydrogen-bond acceptors (Lipinski definition) is 3. The summed E-state index contributed by atoms with van der Waals surface area (Å²) < 4.78 is 8.62. The summed E-state index contributed by atoms with van der Waals surface area (Å²) in [6.45, 7) is 2.41. The first-order valence-electron chi connectivity index (χ1n) is 4.59. The molecule has 5 heteroatoms. The van der Waals surface area contributed by atoms with Gasteiger partial charge in [-0.25, -0.2) is 0 Å². The second kappa shape index (κ2) is 3.06. The molecule has 15 heavy (non-hydrogen) atoms. The van der Waals surface area contributed by atoms with Crippen molar-refractivity contribution in [1.29, 1.82) is 0 Å². The molecule has 3 rings (SSSR count). The van der Waals surface area contributed by atoms with E-state index in [9.17, 15) is 0 Å². The van der Waals surface area contributed by atoms with Crippen molar-refractivity contribution >= 4 is 15.9 Å². The van der Waals surface area contributed by atoms with Gasteiger partial charge < -0.3 is 4.74 Å². The standard InChI is InChI=1S/C10H8BrN3O/c1-6-12-13-10-5-15-9-4-7(11)2-3-8(9)14(6)10/h2-4H,5H2,1H3. The van der Waals surface area contributed by atoms with Crippen molar-refractivity contribution in [2.75, 3.05) is 0 Å². The van der Waals surface area contributed by atoms with Crippen LogP contribution in [0.25, 0.3) is 5.69 Å². The molecule has 0 saturated heterocycles. The third kappa shape index (κ3) is 1.26. The van der Waals surface area contributed by atoms with Crippen LogP contribution in [0.4, 0.5) is 0 Å². The minimum absolute atomic E-state index is 0.476. The Morgan fingerprint density at radius 3 is 3.13 bits per heavy atom. The Morgan fingerprint density at radius 2 is 2.27 bits per heavy atom. The van der Waals surface area contributed by atoms with Gasteiger partial charge >= 0.3 is 0 Å². The normalized spacial score (nSPS) is 12.9. The lowest BCUT2D eigenvalue weighted by Gasteiger charge is -2.19. The Balaban J connectivity index is 2.29. The number of aryl methyl sites for hydroxylation is 1. The fraction of sp³-hybridized carbons (Fsp3) is 0.200. The quantitative estimate of drug-likeness (QED) is 0.734. The predicted molar refractivity (Wildman–Crippen MR) is 58.1 cm³/mol. The number of aromatic nitrogens is 3. The van der Waals surface area contributed by atoms with Crippen molar-refractivity contribution in [2.24, 2.45) is 0 Å². The van der Waals surface area contributed by atoms with Gasteiger partial charge in [0.25, 0.3) is 0 Å². The lowest BCUT2D eigenvalue weighted by molar-refractivity contribution is 0.278. The van der Waals surface area contributed by atoms with Crippen LogP contribution in [0.5, 0.6) is 5.75 Å². The smallest absolute Gasteiger partial charge is 0.175 e. The van der Waals surface area contributed by atoms with Crippen LogP contribution >= 0.6 is 15.9 Å². The molecule has 0 radical (unpaired) electrons. The lowest BCUT2D eigenvalue weighted by Crippen LogP contribution is -2.13. The van der Waals surface area contributed by atoms with E-state index in [2.05, 4.69) is 26.1 Å². The van der Waals surface area contributed by atoms with E-state index in [4.69, 9.17) is 4.74 Å². The highest BCUT2D eigenvalue weighted by Crippen LogP contribution is 2.32. The molecular weight excluding hydrogens is 258 g/mol. The molecule has 0 aliphatic carbocycles. The van der Waals surface area contributed by atoms with Gasteiger partial charge in [-0.15, -0.1) is 10.2 Å². The molecule has 1 aliphatic rings. The maximum Gasteiger partial charge on any atom is 0.175 e. The van der Waals surface area contributed by atoms with Gasteiger partial charge in [0.15, 0.2) is 5.82 Å². The van der Waals surface area contributed by atoms with E-state index >= 15 is 0 Å². The fourth-order valence-electron chi connectivity index (χ4n) is 1.74. The van der Waals surface area contributed by atoms with Gasteiger partial charge in [0.05, 0.1) is 5.69 Å². The molecule has 1 aromatic carbocycles. The predicted octanol–water partition coefficient (Wildman–Crippen LogP) is 2.23. The van der Waals surface area contributed by atoms with Crippen LogP contribution in [-0.2, 0) is 6.61 Å². The summed E-state index contributed by atoms with van der Waals surface area (Å²) in [7, 11) is 0. The Bertz CT molecular complexity index is 535. The maximum atomic E-state index is 5.59. The van der Waals surface area contributed by atoms with E-state index in [0.29, 0.717) is 6.61 Å². The van der Waals surface area contributed by atoms with Gasteiger partial charge in [0, 0.05) is 4.47 Å². The molecule has 0 bridgehead atoms.